The third-order valence-electron chi connectivity index (χ3n) is 4.81. The number of hydrogen-bond donors (Lipinski definition) is 1. The standard InChI is InChI=1S/C20H23FN6O4S/c1-5-26(6-2)32(29,30)19-11-14(7-10-18(19)31-4)20(28)22-15-8-9-16(21)17(12-15)27-13(3)23-24-25-27/h7-12H,5-6H2,1-4H3,(H,22,28). The van der Waals surface area contributed by atoms with Crippen molar-refractivity contribution < 1.29 is 22.3 Å². The van der Waals surface area contributed by atoms with E-state index in [1.165, 1.54) is 52.5 Å². The molecule has 1 N–H and O–H groups in total. The predicted octanol–water partition coefficient (Wildman–Crippen LogP) is 2.40. The van der Waals surface area contributed by atoms with E-state index in [1.807, 2.05) is 0 Å². The molecule has 0 saturated heterocycles. The Bertz CT molecular complexity index is 1240. The number of benzene rings is 2. The van der Waals surface area contributed by atoms with Crippen molar-refractivity contribution >= 4 is 21.6 Å². The summed E-state index contributed by atoms with van der Waals surface area (Å²) in [5.74, 6) is -0.648. The highest BCUT2D eigenvalue weighted by Gasteiger charge is 2.27. The Balaban J connectivity index is 1.95. The molecule has 10 nitrogen and oxygen atoms in total. The van der Waals surface area contributed by atoms with Gasteiger partial charge >= 0.3 is 0 Å². The van der Waals surface area contributed by atoms with Crippen LogP contribution in [-0.4, -0.2) is 59.0 Å². The number of methoxy groups -OCH3 is 1. The summed E-state index contributed by atoms with van der Waals surface area (Å²) < 4.78 is 48.0. The quantitative estimate of drug-likeness (QED) is 0.546. The van der Waals surface area contributed by atoms with Crippen LogP contribution in [0.1, 0.15) is 30.0 Å². The molecule has 0 fully saturated rings. The second-order valence-electron chi connectivity index (χ2n) is 6.71. The van der Waals surface area contributed by atoms with E-state index in [-0.39, 0.29) is 40.7 Å². The molecule has 0 unspecified atom stereocenters. The summed E-state index contributed by atoms with van der Waals surface area (Å²) >= 11 is 0. The largest absolute Gasteiger partial charge is 0.495 e. The SMILES string of the molecule is CCN(CC)S(=O)(=O)c1cc(C(=O)Nc2ccc(F)c(-n3nnnc3C)c2)ccc1OC. The Kier molecular flexibility index (Phi) is 6.84. The van der Waals surface area contributed by atoms with Crippen molar-refractivity contribution in [2.24, 2.45) is 0 Å². The summed E-state index contributed by atoms with van der Waals surface area (Å²) in [6.07, 6.45) is 0. The molecule has 0 saturated carbocycles. The zero-order chi connectivity index (χ0) is 23.5. The summed E-state index contributed by atoms with van der Waals surface area (Å²) in [6.45, 7) is 5.60. The number of carbonyl (C=O) groups excluding carboxylic acids is 1. The molecular weight excluding hydrogens is 439 g/mol. The van der Waals surface area contributed by atoms with Crippen LogP contribution in [0.4, 0.5) is 10.1 Å². The maximum Gasteiger partial charge on any atom is 0.255 e. The van der Waals surface area contributed by atoms with Crippen molar-refractivity contribution in [3.05, 3.63) is 53.6 Å². The van der Waals surface area contributed by atoms with Gasteiger partial charge in [0, 0.05) is 24.3 Å². The molecule has 3 rings (SSSR count). The summed E-state index contributed by atoms with van der Waals surface area (Å²) in [6, 6.07) is 8.08. The number of sulfonamides is 1. The topological polar surface area (TPSA) is 119 Å². The van der Waals surface area contributed by atoms with Crippen LogP contribution in [-0.2, 0) is 10.0 Å². The van der Waals surface area contributed by atoms with Crippen LogP contribution in [0.3, 0.4) is 0 Å². The number of aromatic nitrogens is 4. The molecular formula is C20H23FN6O4S. The molecule has 12 heteroatoms. The fourth-order valence-corrected chi connectivity index (χ4v) is 4.77. The lowest BCUT2D eigenvalue weighted by molar-refractivity contribution is 0.102. The molecule has 0 aliphatic rings. The van der Waals surface area contributed by atoms with E-state index in [1.54, 1.807) is 20.8 Å². The van der Waals surface area contributed by atoms with Crippen LogP contribution in [0.2, 0.25) is 0 Å². The fourth-order valence-electron chi connectivity index (χ4n) is 3.13. The number of anilines is 1. The van der Waals surface area contributed by atoms with Crippen molar-refractivity contribution in [2.45, 2.75) is 25.7 Å². The first-order chi connectivity index (χ1) is 15.2. The van der Waals surface area contributed by atoms with Gasteiger partial charge in [-0.3, -0.25) is 4.79 Å². The molecule has 3 aromatic rings. The number of hydrogen-bond acceptors (Lipinski definition) is 7. The number of tetrazole rings is 1. The van der Waals surface area contributed by atoms with Crippen LogP contribution in [0.25, 0.3) is 5.69 Å². The van der Waals surface area contributed by atoms with E-state index in [0.29, 0.717) is 5.82 Å². The molecule has 170 valence electrons. The van der Waals surface area contributed by atoms with Crippen molar-refractivity contribution in [3.63, 3.8) is 0 Å². The van der Waals surface area contributed by atoms with Gasteiger partial charge in [0.25, 0.3) is 5.91 Å². The molecule has 1 amide bonds. The Morgan fingerprint density at radius 1 is 1.19 bits per heavy atom. The molecule has 0 radical (unpaired) electrons. The van der Waals surface area contributed by atoms with E-state index >= 15 is 0 Å². The first-order valence-electron chi connectivity index (χ1n) is 9.77. The predicted molar refractivity (Wildman–Crippen MR) is 115 cm³/mol. The number of halogens is 1. The van der Waals surface area contributed by atoms with E-state index in [0.717, 1.165) is 0 Å². The van der Waals surface area contributed by atoms with Gasteiger partial charge in [-0.05, 0) is 53.7 Å². The molecule has 0 aliphatic heterocycles. The summed E-state index contributed by atoms with van der Waals surface area (Å²) in [5, 5.41) is 13.6. The minimum Gasteiger partial charge on any atom is -0.495 e. The third kappa shape index (κ3) is 4.46. The van der Waals surface area contributed by atoms with E-state index < -0.39 is 21.7 Å². The van der Waals surface area contributed by atoms with Crippen molar-refractivity contribution in [1.82, 2.24) is 24.5 Å². The van der Waals surface area contributed by atoms with Gasteiger partial charge in [-0.1, -0.05) is 13.8 Å². The fraction of sp³-hybridized carbons (Fsp3) is 0.300. The van der Waals surface area contributed by atoms with Gasteiger partial charge in [-0.2, -0.15) is 8.99 Å². The van der Waals surface area contributed by atoms with Gasteiger partial charge in [-0.15, -0.1) is 5.10 Å². The highest BCUT2D eigenvalue weighted by Crippen LogP contribution is 2.28. The van der Waals surface area contributed by atoms with Gasteiger partial charge in [0.15, 0.2) is 5.82 Å². The zero-order valence-corrected chi connectivity index (χ0v) is 18.9. The summed E-state index contributed by atoms with van der Waals surface area (Å²) in [5.41, 5.74) is 0.441. The Labute approximate surface area is 185 Å². The van der Waals surface area contributed by atoms with E-state index in [2.05, 4.69) is 20.8 Å². The van der Waals surface area contributed by atoms with Crippen molar-refractivity contribution in [2.75, 3.05) is 25.5 Å². The van der Waals surface area contributed by atoms with Crippen molar-refractivity contribution in [1.29, 1.82) is 0 Å². The van der Waals surface area contributed by atoms with Gasteiger partial charge < -0.3 is 10.1 Å². The second kappa shape index (κ2) is 9.40. The van der Waals surface area contributed by atoms with Crippen LogP contribution < -0.4 is 10.1 Å². The smallest absolute Gasteiger partial charge is 0.255 e. The molecule has 32 heavy (non-hydrogen) atoms. The Morgan fingerprint density at radius 3 is 2.50 bits per heavy atom. The Hall–Kier alpha value is -3.38. The van der Waals surface area contributed by atoms with Crippen molar-refractivity contribution in [3.8, 4) is 11.4 Å². The number of ether oxygens (including phenoxy) is 1. The maximum absolute atomic E-state index is 14.3. The average molecular weight is 463 g/mol. The molecule has 0 spiro atoms. The number of amides is 1. The molecule has 0 bridgehead atoms. The first-order valence-corrected chi connectivity index (χ1v) is 11.2. The molecule has 0 aliphatic carbocycles. The molecule has 2 aromatic carbocycles. The summed E-state index contributed by atoms with van der Waals surface area (Å²) in [4.78, 5) is 12.7. The molecule has 0 atom stereocenters. The van der Waals surface area contributed by atoms with Gasteiger partial charge in [-0.25, -0.2) is 12.8 Å². The second-order valence-corrected chi connectivity index (χ2v) is 8.62. The number of nitrogens with zero attached hydrogens (tertiary/aromatic N) is 5. The number of nitrogens with one attached hydrogen (secondary N) is 1. The van der Waals surface area contributed by atoms with Gasteiger partial charge in [0.1, 0.15) is 22.1 Å². The number of aryl methyl sites for hydroxylation is 1. The average Bonchev–Trinajstić information content (AvgIpc) is 3.20. The first kappa shape index (κ1) is 23.3. The maximum atomic E-state index is 14.3. The molecule has 1 aromatic heterocycles. The van der Waals surface area contributed by atoms with Gasteiger partial charge in [0.05, 0.1) is 7.11 Å². The van der Waals surface area contributed by atoms with Crippen LogP contribution in [0.5, 0.6) is 5.75 Å². The third-order valence-corrected chi connectivity index (χ3v) is 6.88. The normalized spacial score (nSPS) is 11.6. The minimum absolute atomic E-state index is 0.0600. The lowest BCUT2D eigenvalue weighted by atomic mass is 10.2. The lowest BCUT2D eigenvalue weighted by Gasteiger charge is -2.20. The minimum atomic E-state index is -3.87. The number of rotatable bonds is 8. The summed E-state index contributed by atoms with van der Waals surface area (Å²) in [7, 11) is -2.51. The molecule has 1 heterocycles. The lowest BCUT2D eigenvalue weighted by Crippen LogP contribution is -2.31. The zero-order valence-electron chi connectivity index (χ0n) is 18.0. The van der Waals surface area contributed by atoms with Gasteiger partial charge in [0.2, 0.25) is 10.0 Å². The van der Waals surface area contributed by atoms with E-state index in [9.17, 15) is 17.6 Å². The Morgan fingerprint density at radius 2 is 1.91 bits per heavy atom. The van der Waals surface area contributed by atoms with E-state index in [4.69, 9.17) is 4.74 Å². The monoisotopic (exact) mass is 462 g/mol. The van der Waals surface area contributed by atoms with Crippen LogP contribution in [0.15, 0.2) is 41.3 Å². The number of carbonyl (C=O) groups is 1. The highest BCUT2D eigenvalue weighted by atomic mass is 32.2. The highest BCUT2D eigenvalue weighted by molar-refractivity contribution is 7.89. The van der Waals surface area contributed by atoms with Crippen LogP contribution >= 0.6 is 0 Å². The van der Waals surface area contributed by atoms with Crippen LogP contribution in [0, 0.1) is 12.7 Å².